The van der Waals surface area contributed by atoms with Crippen molar-refractivity contribution in [3.05, 3.63) is 60.2 Å². The first-order chi connectivity index (χ1) is 15.6. The van der Waals surface area contributed by atoms with Crippen LogP contribution >= 0.6 is 0 Å². The molecule has 4 fully saturated rings. The first-order valence-electron chi connectivity index (χ1n) is 12.7. The molecule has 172 valence electrons. The van der Waals surface area contributed by atoms with Crippen LogP contribution < -0.4 is 9.47 Å². The molecule has 4 bridgehead atoms. The summed E-state index contributed by atoms with van der Waals surface area (Å²) in [5.41, 5.74) is 1.54. The van der Waals surface area contributed by atoms with Gasteiger partial charge in [-0.05, 0) is 98.4 Å². The zero-order chi connectivity index (χ0) is 22.0. The van der Waals surface area contributed by atoms with E-state index in [1.807, 2.05) is 30.3 Å². The Bertz CT molecular complexity index is 824. The Kier molecular flexibility index (Phi) is 6.46. The predicted octanol–water partition coefficient (Wildman–Crippen LogP) is 7.22. The smallest absolute Gasteiger partial charge is 0.205 e. The van der Waals surface area contributed by atoms with Gasteiger partial charge >= 0.3 is 0 Å². The van der Waals surface area contributed by atoms with Crippen molar-refractivity contribution in [3.63, 3.8) is 0 Å². The highest BCUT2D eigenvalue weighted by atomic mass is 16.7. The molecule has 2 aromatic carbocycles. The highest BCUT2D eigenvalue weighted by Gasteiger charge is 2.55. The van der Waals surface area contributed by atoms with E-state index in [1.54, 1.807) is 0 Å². The summed E-state index contributed by atoms with van der Waals surface area (Å²) in [5.74, 6) is 5.00. The number of benzene rings is 2. The highest BCUT2D eigenvalue weighted by molar-refractivity contribution is 5.29. The van der Waals surface area contributed by atoms with Crippen molar-refractivity contribution in [2.45, 2.75) is 71.0 Å². The minimum Gasteiger partial charge on any atom is -0.491 e. The molecule has 4 aliphatic carbocycles. The molecule has 0 heterocycles. The fraction of sp³-hybridized carbons (Fsp3) is 0.586. The third-order valence-corrected chi connectivity index (χ3v) is 8.25. The maximum Gasteiger partial charge on any atom is 0.205 e. The van der Waals surface area contributed by atoms with Gasteiger partial charge in [0.25, 0.3) is 0 Å². The third kappa shape index (κ3) is 4.69. The summed E-state index contributed by atoms with van der Waals surface area (Å²) in [6.07, 6.45) is 9.01. The summed E-state index contributed by atoms with van der Waals surface area (Å²) in [7, 11) is 0. The van der Waals surface area contributed by atoms with Crippen LogP contribution in [0.15, 0.2) is 54.6 Å². The van der Waals surface area contributed by atoms with Gasteiger partial charge in [0.1, 0.15) is 18.1 Å². The van der Waals surface area contributed by atoms with Gasteiger partial charge in [-0.25, -0.2) is 0 Å². The van der Waals surface area contributed by atoms with Gasteiger partial charge in [-0.1, -0.05) is 44.2 Å². The normalized spacial score (nSPS) is 30.1. The number of hydrogen-bond donors (Lipinski definition) is 0. The predicted molar refractivity (Wildman–Crippen MR) is 128 cm³/mol. The zero-order valence-corrected chi connectivity index (χ0v) is 19.7. The van der Waals surface area contributed by atoms with Gasteiger partial charge in [-0.3, -0.25) is 0 Å². The minimum absolute atomic E-state index is 0.164. The monoisotopic (exact) mass is 434 g/mol. The Morgan fingerprint density at radius 1 is 0.812 bits per heavy atom. The van der Waals surface area contributed by atoms with E-state index in [4.69, 9.17) is 14.2 Å². The number of rotatable bonds is 10. The van der Waals surface area contributed by atoms with Crippen LogP contribution in [0.25, 0.3) is 0 Å². The Morgan fingerprint density at radius 3 is 2.03 bits per heavy atom. The van der Waals surface area contributed by atoms with Crippen LogP contribution in [0.3, 0.4) is 0 Å². The fourth-order valence-corrected chi connectivity index (χ4v) is 6.87. The van der Waals surface area contributed by atoms with Crippen LogP contribution in [0.1, 0.15) is 70.3 Å². The van der Waals surface area contributed by atoms with Crippen molar-refractivity contribution >= 4 is 0 Å². The van der Waals surface area contributed by atoms with Gasteiger partial charge < -0.3 is 14.2 Å². The summed E-state index contributed by atoms with van der Waals surface area (Å²) >= 11 is 0. The molecular formula is C29H38O3. The molecule has 3 nitrogen and oxygen atoms in total. The topological polar surface area (TPSA) is 27.7 Å². The largest absolute Gasteiger partial charge is 0.491 e. The Hall–Kier alpha value is -2.00. The Labute approximate surface area is 193 Å². The molecule has 2 aromatic rings. The highest BCUT2D eigenvalue weighted by Crippen LogP contribution is 2.61. The average molecular weight is 435 g/mol. The van der Waals surface area contributed by atoms with Gasteiger partial charge in [0.05, 0.1) is 6.61 Å². The van der Waals surface area contributed by atoms with Crippen molar-refractivity contribution in [2.75, 3.05) is 13.2 Å². The molecule has 0 spiro atoms. The molecule has 4 aliphatic rings. The number of hydrogen-bond acceptors (Lipinski definition) is 3. The maximum absolute atomic E-state index is 6.64. The van der Waals surface area contributed by atoms with E-state index in [-0.39, 0.29) is 11.7 Å². The molecule has 0 saturated heterocycles. The van der Waals surface area contributed by atoms with E-state index < -0.39 is 0 Å². The molecule has 3 heteroatoms. The molecule has 0 aromatic heterocycles. The van der Waals surface area contributed by atoms with Crippen LogP contribution in [-0.4, -0.2) is 19.5 Å². The Morgan fingerprint density at radius 2 is 1.44 bits per heavy atom. The molecule has 0 radical (unpaired) electrons. The molecule has 0 N–H and O–H groups in total. The average Bonchev–Trinajstić information content (AvgIpc) is 2.80. The van der Waals surface area contributed by atoms with Crippen LogP contribution in [-0.2, 0) is 4.74 Å². The van der Waals surface area contributed by atoms with Gasteiger partial charge in [0.2, 0.25) is 6.29 Å². The SMILES string of the molecule is CCC(C)c1ccc(OC(OCCOc2ccccc2)C23CC4CC(CC(C4)C2)C3)cc1. The van der Waals surface area contributed by atoms with Gasteiger partial charge in [0.15, 0.2) is 0 Å². The molecule has 0 aliphatic heterocycles. The first kappa shape index (κ1) is 21.8. The van der Waals surface area contributed by atoms with E-state index in [1.165, 1.54) is 44.1 Å². The van der Waals surface area contributed by atoms with E-state index in [0.717, 1.165) is 35.7 Å². The molecule has 4 saturated carbocycles. The number of ether oxygens (including phenoxy) is 3. The standard InChI is InChI=1S/C29H38O3/c1-3-21(2)25-9-11-27(12-10-25)32-28(31-14-13-30-26-7-5-4-6-8-26)29-18-22-15-23(19-29)17-24(16-22)20-29/h4-12,21-24,28H,3,13-20H2,1-2H3. The second kappa shape index (κ2) is 9.47. The lowest BCUT2D eigenvalue weighted by atomic mass is 9.49. The summed E-state index contributed by atoms with van der Waals surface area (Å²) in [6.45, 7) is 5.61. The second-order valence-electron chi connectivity index (χ2n) is 10.6. The van der Waals surface area contributed by atoms with E-state index in [0.29, 0.717) is 19.1 Å². The second-order valence-corrected chi connectivity index (χ2v) is 10.6. The Balaban J connectivity index is 1.28. The molecule has 6 rings (SSSR count). The van der Waals surface area contributed by atoms with E-state index >= 15 is 0 Å². The molecule has 32 heavy (non-hydrogen) atoms. The van der Waals surface area contributed by atoms with Crippen molar-refractivity contribution in [1.29, 1.82) is 0 Å². The zero-order valence-electron chi connectivity index (χ0n) is 19.7. The van der Waals surface area contributed by atoms with Crippen molar-refractivity contribution in [1.82, 2.24) is 0 Å². The van der Waals surface area contributed by atoms with Gasteiger partial charge in [-0.15, -0.1) is 0 Å². The fourth-order valence-electron chi connectivity index (χ4n) is 6.87. The van der Waals surface area contributed by atoms with E-state index in [9.17, 15) is 0 Å². The molecule has 0 amide bonds. The lowest BCUT2D eigenvalue weighted by Gasteiger charge is -2.58. The summed E-state index contributed by atoms with van der Waals surface area (Å²) < 4.78 is 19.0. The molecular weight excluding hydrogens is 396 g/mol. The van der Waals surface area contributed by atoms with Crippen molar-refractivity contribution < 1.29 is 14.2 Å². The van der Waals surface area contributed by atoms with Crippen LogP contribution in [0.4, 0.5) is 0 Å². The number of para-hydroxylation sites is 1. The summed E-state index contributed by atoms with van der Waals surface area (Å²) in [4.78, 5) is 0. The van der Waals surface area contributed by atoms with Gasteiger partial charge in [-0.2, -0.15) is 0 Å². The first-order valence-corrected chi connectivity index (χ1v) is 12.7. The summed E-state index contributed by atoms with van der Waals surface area (Å²) in [5, 5.41) is 0. The lowest BCUT2D eigenvalue weighted by molar-refractivity contribution is -0.217. The molecule has 2 unspecified atom stereocenters. The quantitative estimate of drug-likeness (QED) is 0.292. The van der Waals surface area contributed by atoms with Crippen LogP contribution in [0.2, 0.25) is 0 Å². The third-order valence-electron chi connectivity index (χ3n) is 8.25. The minimum atomic E-state index is -0.190. The van der Waals surface area contributed by atoms with Crippen molar-refractivity contribution in [2.24, 2.45) is 23.2 Å². The maximum atomic E-state index is 6.64. The summed E-state index contributed by atoms with van der Waals surface area (Å²) in [6, 6.07) is 18.7. The lowest BCUT2D eigenvalue weighted by Crippen LogP contribution is -2.54. The van der Waals surface area contributed by atoms with E-state index in [2.05, 4.69) is 38.1 Å². The van der Waals surface area contributed by atoms with Crippen LogP contribution in [0, 0.1) is 23.2 Å². The van der Waals surface area contributed by atoms with Gasteiger partial charge in [0, 0.05) is 5.41 Å². The van der Waals surface area contributed by atoms with Crippen molar-refractivity contribution in [3.8, 4) is 11.5 Å². The molecule has 2 atom stereocenters. The van der Waals surface area contributed by atoms with Crippen LogP contribution in [0.5, 0.6) is 11.5 Å².